The fourth-order valence-corrected chi connectivity index (χ4v) is 3.63. The summed E-state index contributed by atoms with van der Waals surface area (Å²) < 4.78 is 24.2. The average Bonchev–Trinajstić information content (AvgIpc) is 2.28. The molecule has 1 aromatic rings. The molecular weight excluding hydrogens is 324 g/mol. The zero-order chi connectivity index (χ0) is 13.9. The lowest BCUT2D eigenvalue weighted by molar-refractivity contribution is 0.0693. The Labute approximate surface area is 113 Å². The van der Waals surface area contributed by atoms with Crippen LogP contribution in [0.25, 0.3) is 0 Å². The van der Waals surface area contributed by atoms with Crippen LogP contribution in [0.1, 0.15) is 30.1 Å². The Morgan fingerprint density at radius 3 is 2.50 bits per heavy atom. The summed E-state index contributed by atoms with van der Waals surface area (Å²) in [5.74, 6) is -2.20. The Balaban J connectivity index is 3.37. The third kappa shape index (κ3) is 3.23. The van der Waals surface area contributed by atoms with Crippen LogP contribution >= 0.6 is 15.9 Å². The minimum atomic E-state index is -3.67. The molecule has 0 aliphatic rings. The number of aromatic carboxylic acids is 1. The third-order valence-corrected chi connectivity index (χ3v) is 4.64. The van der Waals surface area contributed by atoms with Gasteiger partial charge in [-0.05, 0) is 18.6 Å². The molecule has 0 fully saturated rings. The molecule has 0 saturated carbocycles. The molecule has 5 nitrogen and oxygen atoms in total. The predicted molar refractivity (Wildman–Crippen MR) is 69.7 cm³/mol. The lowest BCUT2D eigenvalue weighted by atomic mass is 10.2. The van der Waals surface area contributed by atoms with Crippen molar-refractivity contribution in [3.05, 3.63) is 22.2 Å². The molecule has 7 heteroatoms. The van der Waals surface area contributed by atoms with E-state index in [2.05, 4.69) is 15.9 Å². The van der Waals surface area contributed by atoms with E-state index in [-0.39, 0.29) is 10.6 Å². The number of hydrogen-bond donors (Lipinski definition) is 2. The molecular formula is C11H13BrO5S. The van der Waals surface area contributed by atoms with Gasteiger partial charge in [0.15, 0.2) is 9.84 Å². The first-order valence-electron chi connectivity index (χ1n) is 5.28. The van der Waals surface area contributed by atoms with E-state index in [0.717, 1.165) is 6.07 Å². The van der Waals surface area contributed by atoms with Gasteiger partial charge in [-0.1, -0.05) is 29.3 Å². The second-order valence-electron chi connectivity index (χ2n) is 3.78. The fourth-order valence-electron chi connectivity index (χ4n) is 1.42. The van der Waals surface area contributed by atoms with Gasteiger partial charge in [-0.15, -0.1) is 0 Å². The standard InChI is InChI=1S/C11H13BrO5S/c1-2-3-4-18(16,17)9-6-7(12)5-8(10(9)13)11(14)15/h5-6,13H,2-4H2,1H3,(H,14,15). The van der Waals surface area contributed by atoms with Crippen molar-refractivity contribution >= 4 is 31.7 Å². The van der Waals surface area contributed by atoms with Gasteiger partial charge in [-0.3, -0.25) is 0 Å². The number of halogens is 1. The number of sulfone groups is 1. The summed E-state index contributed by atoms with van der Waals surface area (Å²) in [6, 6.07) is 2.38. The van der Waals surface area contributed by atoms with Gasteiger partial charge in [0, 0.05) is 4.47 Å². The number of unbranched alkanes of at least 4 members (excludes halogenated alkanes) is 1. The highest BCUT2D eigenvalue weighted by Gasteiger charge is 2.23. The van der Waals surface area contributed by atoms with Crippen LogP contribution in [0.2, 0.25) is 0 Å². The fraction of sp³-hybridized carbons (Fsp3) is 0.364. The second-order valence-corrected chi connectivity index (χ2v) is 6.77. The van der Waals surface area contributed by atoms with Crippen LogP contribution < -0.4 is 0 Å². The number of carboxylic acid groups (broad SMARTS) is 1. The van der Waals surface area contributed by atoms with Crippen LogP contribution in [0.15, 0.2) is 21.5 Å². The molecule has 0 spiro atoms. The maximum Gasteiger partial charge on any atom is 0.339 e. The second kappa shape index (κ2) is 5.71. The van der Waals surface area contributed by atoms with Crippen LogP contribution in [-0.4, -0.2) is 30.4 Å². The van der Waals surface area contributed by atoms with Crippen molar-refractivity contribution in [1.82, 2.24) is 0 Å². The predicted octanol–water partition coefficient (Wildman–Crippen LogP) is 2.43. The first-order valence-corrected chi connectivity index (χ1v) is 7.72. The van der Waals surface area contributed by atoms with Crippen LogP contribution in [-0.2, 0) is 9.84 Å². The molecule has 18 heavy (non-hydrogen) atoms. The van der Waals surface area contributed by atoms with Gasteiger partial charge < -0.3 is 10.2 Å². The highest BCUT2D eigenvalue weighted by Crippen LogP contribution is 2.32. The van der Waals surface area contributed by atoms with Gasteiger partial charge in [-0.25, -0.2) is 13.2 Å². The topological polar surface area (TPSA) is 91.7 Å². The van der Waals surface area contributed by atoms with Gasteiger partial charge in [0.25, 0.3) is 0 Å². The summed E-state index contributed by atoms with van der Waals surface area (Å²) in [6.07, 6.45) is 1.15. The number of carbonyl (C=O) groups is 1. The quantitative estimate of drug-likeness (QED) is 0.861. The van der Waals surface area contributed by atoms with Crippen molar-refractivity contribution in [2.24, 2.45) is 0 Å². The van der Waals surface area contributed by atoms with E-state index >= 15 is 0 Å². The van der Waals surface area contributed by atoms with Crippen molar-refractivity contribution in [1.29, 1.82) is 0 Å². The van der Waals surface area contributed by atoms with Gasteiger partial charge >= 0.3 is 5.97 Å². The molecule has 0 saturated heterocycles. The van der Waals surface area contributed by atoms with Crippen molar-refractivity contribution in [2.75, 3.05) is 5.75 Å². The molecule has 0 bridgehead atoms. The molecule has 1 aromatic carbocycles. The van der Waals surface area contributed by atoms with E-state index < -0.39 is 27.1 Å². The number of rotatable bonds is 5. The minimum Gasteiger partial charge on any atom is -0.506 e. The summed E-state index contributed by atoms with van der Waals surface area (Å²) in [7, 11) is -3.67. The van der Waals surface area contributed by atoms with Crippen molar-refractivity contribution in [3.8, 4) is 5.75 Å². The highest BCUT2D eigenvalue weighted by molar-refractivity contribution is 9.10. The molecule has 0 aliphatic carbocycles. The summed E-state index contributed by atoms with van der Waals surface area (Å²) in [4.78, 5) is 10.5. The Morgan fingerprint density at radius 1 is 1.39 bits per heavy atom. The molecule has 0 aromatic heterocycles. The molecule has 1 rings (SSSR count). The van der Waals surface area contributed by atoms with E-state index in [4.69, 9.17) is 5.11 Å². The summed E-state index contributed by atoms with van der Waals surface area (Å²) >= 11 is 3.04. The van der Waals surface area contributed by atoms with Crippen molar-refractivity contribution in [2.45, 2.75) is 24.7 Å². The largest absolute Gasteiger partial charge is 0.506 e. The highest BCUT2D eigenvalue weighted by atomic mass is 79.9. The number of aromatic hydroxyl groups is 1. The van der Waals surface area contributed by atoms with E-state index in [1.54, 1.807) is 0 Å². The Hall–Kier alpha value is -1.08. The van der Waals surface area contributed by atoms with Crippen LogP contribution in [0.4, 0.5) is 0 Å². The van der Waals surface area contributed by atoms with Gasteiger partial charge in [0.05, 0.1) is 5.75 Å². The molecule has 100 valence electrons. The maximum atomic E-state index is 12.0. The SMILES string of the molecule is CCCCS(=O)(=O)c1cc(Br)cc(C(=O)O)c1O. The molecule has 0 heterocycles. The molecule has 0 atom stereocenters. The van der Waals surface area contributed by atoms with Gasteiger partial charge in [0.2, 0.25) is 0 Å². The van der Waals surface area contributed by atoms with Crippen LogP contribution in [0, 0.1) is 0 Å². The van der Waals surface area contributed by atoms with Gasteiger partial charge in [-0.2, -0.15) is 0 Å². The number of carboxylic acids is 1. The van der Waals surface area contributed by atoms with Crippen molar-refractivity contribution < 1.29 is 23.4 Å². The summed E-state index contributed by atoms with van der Waals surface area (Å²) in [6.45, 7) is 1.85. The van der Waals surface area contributed by atoms with Crippen molar-refractivity contribution in [3.63, 3.8) is 0 Å². The van der Waals surface area contributed by atoms with E-state index in [9.17, 15) is 18.3 Å². The lowest BCUT2D eigenvalue weighted by Crippen LogP contribution is -2.09. The molecule has 0 unspecified atom stereocenters. The van der Waals surface area contributed by atoms with E-state index in [1.165, 1.54) is 6.07 Å². The van der Waals surface area contributed by atoms with Crippen LogP contribution in [0.5, 0.6) is 5.75 Å². The molecule has 0 radical (unpaired) electrons. The number of hydrogen-bond acceptors (Lipinski definition) is 4. The lowest BCUT2D eigenvalue weighted by Gasteiger charge is -2.09. The maximum absolute atomic E-state index is 12.0. The van der Waals surface area contributed by atoms with E-state index in [1.807, 2.05) is 6.92 Å². The monoisotopic (exact) mass is 336 g/mol. The first-order chi connectivity index (χ1) is 8.29. The van der Waals surface area contributed by atoms with E-state index in [0.29, 0.717) is 17.3 Å². The number of phenols is 1. The Kier molecular flexibility index (Phi) is 4.75. The minimum absolute atomic E-state index is 0.118. The van der Waals surface area contributed by atoms with Gasteiger partial charge in [0.1, 0.15) is 16.2 Å². The van der Waals surface area contributed by atoms with Crippen LogP contribution in [0.3, 0.4) is 0 Å². The smallest absolute Gasteiger partial charge is 0.339 e. The summed E-state index contributed by atoms with van der Waals surface area (Å²) in [5.41, 5.74) is -0.431. The summed E-state index contributed by atoms with van der Waals surface area (Å²) in [5, 5.41) is 18.6. The number of benzene rings is 1. The Morgan fingerprint density at radius 2 is 2.00 bits per heavy atom. The molecule has 0 amide bonds. The Bertz CT molecular complexity index is 565. The zero-order valence-corrected chi connectivity index (χ0v) is 12.1. The third-order valence-electron chi connectivity index (χ3n) is 2.37. The zero-order valence-electron chi connectivity index (χ0n) is 9.68. The normalized spacial score (nSPS) is 11.4. The first kappa shape index (κ1) is 15.0. The molecule has 2 N–H and O–H groups in total. The molecule has 0 aliphatic heterocycles. The average molecular weight is 337 g/mol.